The molecule has 0 heterocycles. The van der Waals surface area contributed by atoms with E-state index in [0.29, 0.717) is 23.4 Å². The molecule has 164 valence electrons. The van der Waals surface area contributed by atoms with Crippen LogP contribution < -0.4 is 9.62 Å². The fourth-order valence-electron chi connectivity index (χ4n) is 3.49. The molecule has 0 bridgehead atoms. The van der Waals surface area contributed by atoms with E-state index in [4.69, 9.17) is 5.26 Å². The second-order valence-electron chi connectivity index (χ2n) is 7.69. The topological polar surface area (TPSA) is 90.3 Å². The lowest BCUT2D eigenvalue weighted by Crippen LogP contribution is -2.30. The Morgan fingerprint density at radius 2 is 1.50 bits per heavy atom. The summed E-state index contributed by atoms with van der Waals surface area (Å²) < 4.78 is 26.5. The maximum absolute atomic E-state index is 12.6. The molecule has 7 heteroatoms. The van der Waals surface area contributed by atoms with E-state index in [1.54, 1.807) is 48.5 Å². The molecule has 6 nitrogen and oxygen atoms in total. The Hall–Kier alpha value is -3.63. The molecule has 0 aliphatic rings. The van der Waals surface area contributed by atoms with E-state index in [9.17, 15) is 13.2 Å². The molecule has 3 aromatic carbocycles. The normalized spacial score (nSPS) is 10.9. The van der Waals surface area contributed by atoms with E-state index in [2.05, 4.69) is 11.4 Å². The van der Waals surface area contributed by atoms with Crippen LogP contribution in [0.5, 0.6) is 0 Å². The summed E-state index contributed by atoms with van der Waals surface area (Å²) in [5, 5.41) is 11.6. The first-order valence-electron chi connectivity index (χ1n) is 10.1. The number of nitriles is 1. The van der Waals surface area contributed by atoms with E-state index in [1.807, 2.05) is 32.0 Å². The molecule has 0 saturated carbocycles. The molecule has 0 saturated heterocycles. The smallest absolute Gasteiger partial charge is 0.255 e. The van der Waals surface area contributed by atoms with Gasteiger partial charge in [-0.1, -0.05) is 42.5 Å². The van der Waals surface area contributed by atoms with Crippen molar-refractivity contribution in [3.63, 3.8) is 0 Å². The van der Waals surface area contributed by atoms with Crippen LogP contribution in [-0.4, -0.2) is 20.6 Å². The summed E-state index contributed by atoms with van der Waals surface area (Å²) in [6.45, 7) is 3.95. The second-order valence-corrected chi connectivity index (χ2v) is 9.60. The van der Waals surface area contributed by atoms with Gasteiger partial charge in [0.05, 0.1) is 31.0 Å². The van der Waals surface area contributed by atoms with Crippen molar-refractivity contribution >= 4 is 27.3 Å². The van der Waals surface area contributed by atoms with Gasteiger partial charge in [0.25, 0.3) is 5.91 Å². The van der Waals surface area contributed by atoms with Gasteiger partial charge in [0, 0.05) is 11.3 Å². The van der Waals surface area contributed by atoms with Crippen molar-refractivity contribution in [2.24, 2.45) is 0 Å². The van der Waals surface area contributed by atoms with Gasteiger partial charge >= 0.3 is 0 Å². The molecule has 0 aliphatic carbocycles. The average Bonchev–Trinajstić information content (AvgIpc) is 2.74. The number of sulfonamides is 1. The molecular formula is C25H25N3O3S. The number of carbonyl (C=O) groups excluding carboxylic acids is 1. The van der Waals surface area contributed by atoms with E-state index in [0.717, 1.165) is 22.3 Å². The Morgan fingerprint density at radius 1 is 0.938 bits per heavy atom. The highest BCUT2D eigenvalue weighted by atomic mass is 32.2. The zero-order chi connectivity index (χ0) is 23.3. The van der Waals surface area contributed by atoms with Gasteiger partial charge in [0.1, 0.15) is 0 Å². The average molecular weight is 448 g/mol. The van der Waals surface area contributed by atoms with E-state index in [1.165, 1.54) is 10.6 Å². The minimum atomic E-state index is -3.50. The minimum absolute atomic E-state index is 0.173. The van der Waals surface area contributed by atoms with Crippen molar-refractivity contribution < 1.29 is 13.2 Å². The van der Waals surface area contributed by atoms with Crippen LogP contribution in [0.3, 0.4) is 0 Å². The van der Waals surface area contributed by atoms with Crippen LogP contribution in [0.15, 0.2) is 66.7 Å². The van der Waals surface area contributed by atoms with Gasteiger partial charge in [-0.2, -0.15) is 5.26 Å². The predicted octanol–water partition coefficient (Wildman–Crippen LogP) is 4.59. The van der Waals surface area contributed by atoms with E-state index < -0.39 is 10.0 Å². The SMILES string of the molecule is Cc1cccc(C)c1N(Cc1ccc(C(=O)Nc2ccc(CC#N)cc2)cc1)S(C)(=O)=O. The predicted molar refractivity (Wildman–Crippen MR) is 127 cm³/mol. The summed E-state index contributed by atoms with van der Waals surface area (Å²) in [5.74, 6) is -0.265. The maximum Gasteiger partial charge on any atom is 0.255 e. The number of hydrogen-bond acceptors (Lipinski definition) is 4. The van der Waals surface area contributed by atoms with Gasteiger partial charge in [-0.05, 0) is 60.4 Å². The van der Waals surface area contributed by atoms with Crippen molar-refractivity contribution in [1.82, 2.24) is 0 Å². The zero-order valence-electron chi connectivity index (χ0n) is 18.3. The number of anilines is 2. The number of nitrogens with one attached hydrogen (secondary N) is 1. The summed E-state index contributed by atoms with van der Waals surface area (Å²) in [6.07, 6.45) is 1.52. The van der Waals surface area contributed by atoms with Crippen LogP contribution >= 0.6 is 0 Å². The molecule has 0 aromatic heterocycles. The molecular weight excluding hydrogens is 422 g/mol. The highest BCUT2D eigenvalue weighted by molar-refractivity contribution is 7.92. The molecule has 32 heavy (non-hydrogen) atoms. The van der Waals surface area contributed by atoms with Crippen molar-refractivity contribution in [3.8, 4) is 6.07 Å². The van der Waals surface area contributed by atoms with Crippen molar-refractivity contribution in [2.75, 3.05) is 15.9 Å². The Labute approximate surface area is 189 Å². The van der Waals surface area contributed by atoms with Gasteiger partial charge in [-0.3, -0.25) is 9.10 Å². The lowest BCUT2D eigenvalue weighted by atomic mass is 10.1. The number of carbonyl (C=O) groups is 1. The van der Waals surface area contributed by atoms with Gasteiger partial charge in [0.2, 0.25) is 10.0 Å². The summed E-state index contributed by atoms with van der Waals surface area (Å²) >= 11 is 0. The second kappa shape index (κ2) is 9.67. The van der Waals surface area contributed by atoms with Crippen LogP contribution in [0.4, 0.5) is 11.4 Å². The van der Waals surface area contributed by atoms with Gasteiger partial charge in [-0.15, -0.1) is 0 Å². The van der Waals surface area contributed by atoms with Crippen molar-refractivity contribution in [2.45, 2.75) is 26.8 Å². The van der Waals surface area contributed by atoms with Crippen LogP contribution in [-0.2, 0) is 23.0 Å². The maximum atomic E-state index is 12.6. The lowest BCUT2D eigenvalue weighted by molar-refractivity contribution is 0.102. The number of rotatable bonds is 7. The number of benzene rings is 3. The third-order valence-corrected chi connectivity index (χ3v) is 6.24. The highest BCUT2D eigenvalue weighted by Gasteiger charge is 2.21. The molecule has 0 radical (unpaired) electrons. The van der Waals surface area contributed by atoms with Crippen LogP contribution in [0.25, 0.3) is 0 Å². The third kappa shape index (κ3) is 5.54. The Bertz CT molecular complexity index is 1240. The van der Waals surface area contributed by atoms with Crippen LogP contribution in [0.1, 0.15) is 32.6 Å². The number of aryl methyl sites for hydroxylation is 2. The molecule has 0 fully saturated rings. The molecule has 0 unspecified atom stereocenters. The van der Waals surface area contributed by atoms with Crippen LogP contribution in [0.2, 0.25) is 0 Å². The molecule has 1 amide bonds. The first kappa shape index (κ1) is 23.0. The number of amides is 1. The van der Waals surface area contributed by atoms with Gasteiger partial charge < -0.3 is 5.32 Å². The quantitative estimate of drug-likeness (QED) is 0.574. The Kier molecular flexibility index (Phi) is 6.96. The number of nitrogens with zero attached hydrogens (tertiary/aromatic N) is 2. The summed E-state index contributed by atoms with van der Waals surface area (Å²) in [5.41, 5.74) is 5.20. The van der Waals surface area contributed by atoms with Gasteiger partial charge in [-0.25, -0.2) is 8.42 Å². The van der Waals surface area contributed by atoms with E-state index in [-0.39, 0.29) is 12.5 Å². The summed E-state index contributed by atoms with van der Waals surface area (Å²) in [7, 11) is -3.50. The first-order valence-corrected chi connectivity index (χ1v) is 11.9. The Balaban J connectivity index is 1.76. The molecule has 0 aliphatic heterocycles. The first-order chi connectivity index (χ1) is 15.2. The molecule has 3 rings (SSSR count). The standard InChI is InChI=1S/C25H25N3O3S/c1-18-5-4-6-19(2)24(18)28(32(3,30)31)17-21-7-11-22(12-8-21)25(29)27-23-13-9-20(10-14-23)15-16-26/h4-14H,15,17H2,1-3H3,(H,27,29). The minimum Gasteiger partial charge on any atom is -0.322 e. The molecule has 0 atom stereocenters. The fourth-order valence-corrected chi connectivity index (χ4v) is 4.49. The largest absolute Gasteiger partial charge is 0.322 e. The molecule has 0 spiro atoms. The van der Waals surface area contributed by atoms with E-state index >= 15 is 0 Å². The fraction of sp³-hybridized carbons (Fsp3) is 0.200. The molecule has 1 N–H and O–H groups in total. The monoisotopic (exact) mass is 447 g/mol. The van der Waals surface area contributed by atoms with Crippen LogP contribution in [0, 0.1) is 25.2 Å². The highest BCUT2D eigenvalue weighted by Crippen LogP contribution is 2.28. The number of hydrogen-bond donors (Lipinski definition) is 1. The van der Waals surface area contributed by atoms with Crippen molar-refractivity contribution in [1.29, 1.82) is 5.26 Å². The summed E-state index contributed by atoms with van der Waals surface area (Å²) in [6, 6.07) is 21.8. The van der Waals surface area contributed by atoms with Gasteiger partial charge in [0.15, 0.2) is 0 Å². The summed E-state index contributed by atoms with van der Waals surface area (Å²) in [4.78, 5) is 12.6. The van der Waals surface area contributed by atoms with Crippen molar-refractivity contribution in [3.05, 3.63) is 94.5 Å². The molecule has 3 aromatic rings. The number of para-hydroxylation sites is 1. The zero-order valence-corrected chi connectivity index (χ0v) is 19.1. The Morgan fingerprint density at radius 3 is 2.03 bits per heavy atom. The third-order valence-electron chi connectivity index (χ3n) is 5.13. The lowest BCUT2D eigenvalue weighted by Gasteiger charge is -2.26.